The van der Waals surface area contributed by atoms with Crippen molar-refractivity contribution in [1.82, 2.24) is 0 Å². The molecule has 0 amide bonds. The maximum Gasteiger partial charge on any atom is 0.236 e. The molecule has 3 nitrogen and oxygen atoms in total. The van der Waals surface area contributed by atoms with Gasteiger partial charge in [0.1, 0.15) is 5.75 Å². The minimum Gasteiger partial charge on any atom is -0.493 e. The van der Waals surface area contributed by atoms with Gasteiger partial charge in [-0.15, -0.1) is 0 Å². The zero-order valence-corrected chi connectivity index (χ0v) is 17.5. The van der Waals surface area contributed by atoms with Crippen LogP contribution in [0, 0.1) is 12.8 Å². The van der Waals surface area contributed by atoms with Crippen LogP contribution in [0.4, 0.5) is 0 Å². The summed E-state index contributed by atoms with van der Waals surface area (Å²) in [4.78, 5) is 23.6. The van der Waals surface area contributed by atoms with Gasteiger partial charge in [-0.2, -0.15) is 0 Å². The van der Waals surface area contributed by atoms with Gasteiger partial charge in [-0.05, 0) is 37.8 Å². The number of ether oxygens (including phenoxy) is 1. The van der Waals surface area contributed by atoms with Crippen LogP contribution < -0.4 is 9.48 Å². The van der Waals surface area contributed by atoms with Gasteiger partial charge in [-0.3, -0.25) is 9.59 Å². The monoisotopic (exact) mass is 392 g/mol. The molecule has 0 spiro atoms. The predicted octanol–water partition coefficient (Wildman–Crippen LogP) is 5.82. The first-order valence-electron chi connectivity index (χ1n) is 9.35. The topological polar surface area (TPSA) is 43.4 Å². The van der Waals surface area contributed by atoms with E-state index in [1.165, 1.54) is 23.1 Å². The summed E-state index contributed by atoms with van der Waals surface area (Å²) < 4.78 is 6.93. The molecule has 2 rings (SSSR count). The Morgan fingerprint density at radius 2 is 2.00 bits per heavy atom. The van der Waals surface area contributed by atoms with E-state index in [1.54, 1.807) is 6.07 Å². The van der Waals surface area contributed by atoms with E-state index in [0.29, 0.717) is 17.5 Å². The average molecular weight is 393 g/mol. The Bertz CT molecular complexity index is 782. The third-order valence-electron chi connectivity index (χ3n) is 4.50. The summed E-state index contributed by atoms with van der Waals surface area (Å²) in [6, 6.07) is 7.60. The van der Waals surface area contributed by atoms with Gasteiger partial charge in [0.15, 0.2) is 5.12 Å². The first kappa shape index (κ1) is 21.0. The van der Waals surface area contributed by atoms with E-state index in [-0.39, 0.29) is 10.7 Å². The van der Waals surface area contributed by atoms with Crippen LogP contribution >= 0.6 is 23.1 Å². The highest BCUT2D eigenvalue weighted by atomic mass is 32.2. The summed E-state index contributed by atoms with van der Waals surface area (Å²) in [5.41, 5.74) is 1.14. The molecule has 26 heavy (non-hydrogen) atoms. The van der Waals surface area contributed by atoms with E-state index in [4.69, 9.17) is 4.74 Å². The molecule has 0 N–H and O–H groups in total. The number of carbonyl (C=O) groups is 1. The quantitative estimate of drug-likeness (QED) is 0.478. The zero-order chi connectivity index (χ0) is 18.9. The van der Waals surface area contributed by atoms with Gasteiger partial charge in [0, 0.05) is 27.8 Å². The van der Waals surface area contributed by atoms with Crippen LogP contribution in [-0.4, -0.2) is 17.5 Å². The first-order chi connectivity index (χ1) is 12.5. The van der Waals surface area contributed by atoms with Crippen LogP contribution in [0.3, 0.4) is 0 Å². The molecule has 2 aromatic rings. The lowest BCUT2D eigenvalue weighted by molar-refractivity contribution is -0.113. The number of fused-ring (bicyclic) bond motifs is 1. The molecule has 1 aromatic carbocycles. The Balaban J connectivity index is 1.72. The van der Waals surface area contributed by atoms with Gasteiger partial charge in [-0.1, -0.05) is 61.9 Å². The second kappa shape index (κ2) is 10.7. The lowest BCUT2D eigenvalue weighted by Crippen LogP contribution is -2.05. The summed E-state index contributed by atoms with van der Waals surface area (Å²) in [5.74, 6) is 1.79. The highest BCUT2D eigenvalue weighted by molar-refractivity contribution is 8.13. The Kier molecular flexibility index (Phi) is 8.66. The molecule has 0 aliphatic carbocycles. The number of aryl methyl sites for hydroxylation is 1. The van der Waals surface area contributed by atoms with Crippen LogP contribution in [0.1, 0.15) is 51.5 Å². The summed E-state index contributed by atoms with van der Waals surface area (Å²) >= 11 is 2.73. The van der Waals surface area contributed by atoms with Gasteiger partial charge in [-0.25, -0.2) is 0 Å². The van der Waals surface area contributed by atoms with Crippen molar-refractivity contribution in [3.63, 3.8) is 0 Å². The van der Waals surface area contributed by atoms with Gasteiger partial charge >= 0.3 is 0 Å². The molecule has 1 heterocycles. The molecule has 0 radical (unpaired) electrons. The molecule has 5 heteroatoms. The van der Waals surface area contributed by atoms with Gasteiger partial charge < -0.3 is 4.74 Å². The number of hydrogen-bond donors (Lipinski definition) is 0. The van der Waals surface area contributed by atoms with Gasteiger partial charge in [0.2, 0.25) is 4.74 Å². The number of carbonyl (C=O) groups excluding carboxylic acids is 1. The zero-order valence-electron chi connectivity index (χ0n) is 15.9. The molecule has 0 saturated heterocycles. The molecule has 1 unspecified atom stereocenters. The second-order valence-electron chi connectivity index (χ2n) is 6.62. The van der Waals surface area contributed by atoms with E-state index < -0.39 is 0 Å². The molecule has 0 aliphatic rings. The van der Waals surface area contributed by atoms with E-state index >= 15 is 0 Å². The van der Waals surface area contributed by atoms with Crippen LogP contribution in [0.15, 0.2) is 29.1 Å². The number of rotatable bonds is 10. The van der Waals surface area contributed by atoms with Crippen LogP contribution in [0.5, 0.6) is 5.75 Å². The molecule has 0 saturated carbocycles. The number of thioether (sulfide) groups is 1. The second-order valence-corrected chi connectivity index (χ2v) is 8.76. The Labute approximate surface area is 164 Å². The fraction of sp³-hybridized carbons (Fsp3) is 0.524. The standard InChI is InChI=1S/C21H28O3S2/c1-4-15(2)21(23)25-13-8-6-5-7-12-24-17-14-19(22)26-18-11-9-10-16(3)20(17)18/h9-11,14-15H,4-8,12-13H2,1-3H3. The fourth-order valence-corrected chi connectivity index (χ4v) is 4.59. The summed E-state index contributed by atoms with van der Waals surface area (Å²) in [6.45, 7) is 6.72. The summed E-state index contributed by atoms with van der Waals surface area (Å²) in [5, 5.41) is 1.37. The fourth-order valence-electron chi connectivity index (χ4n) is 2.69. The van der Waals surface area contributed by atoms with Crippen molar-refractivity contribution in [3.8, 4) is 5.75 Å². The van der Waals surface area contributed by atoms with Crippen molar-refractivity contribution in [1.29, 1.82) is 0 Å². The highest BCUT2D eigenvalue weighted by Crippen LogP contribution is 2.29. The highest BCUT2D eigenvalue weighted by Gasteiger charge is 2.10. The van der Waals surface area contributed by atoms with Crippen molar-refractivity contribution in [3.05, 3.63) is 39.4 Å². The van der Waals surface area contributed by atoms with Crippen molar-refractivity contribution >= 4 is 38.3 Å². The summed E-state index contributed by atoms with van der Waals surface area (Å²) in [6.07, 6.45) is 5.13. The van der Waals surface area contributed by atoms with E-state index in [9.17, 15) is 9.59 Å². The number of benzene rings is 1. The Morgan fingerprint density at radius 1 is 1.23 bits per heavy atom. The molecule has 0 bridgehead atoms. The molecule has 0 fully saturated rings. The van der Waals surface area contributed by atoms with Crippen molar-refractivity contribution < 1.29 is 9.53 Å². The third-order valence-corrected chi connectivity index (χ3v) is 6.55. The molecule has 1 aromatic heterocycles. The van der Waals surface area contributed by atoms with Gasteiger partial charge in [0.25, 0.3) is 0 Å². The van der Waals surface area contributed by atoms with E-state index in [1.807, 2.05) is 32.0 Å². The van der Waals surface area contributed by atoms with Crippen LogP contribution in [0.2, 0.25) is 0 Å². The molecular formula is C21H28O3S2. The van der Waals surface area contributed by atoms with Gasteiger partial charge in [0.05, 0.1) is 6.61 Å². The number of unbranched alkanes of at least 4 members (excludes halogenated alkanes) is 3. The van der Waals surface area contributed by atoms with Crippen LogP contribution in [0.25, 0.3) is 10.1 Å². The predicted molar refractivity (Wildman–Crippen MR) is 114 cm³/mol. The number of hydrogen-bond acceptors (Lipinski definition) is 5. The smallest absolute Gasteiger partial charge is 0.236 e. The Morgan fingerprint density at radius 3 is 2.77 bits per heavy atom. The van der Waals surface area contributed by atoms with E-state index in [0.717, 1.165) is 53.5 Å². The first-order valence-corrected chi connectivity index (χ1v) is 11.2. The largest absolute Gasteiger partial charge is 0.493 e. The third kappa shape index (κ3) is 6.13. The van der Waals surface area contributed by atoms with Crippen molar-refractivity contribution in [2.75, 3.05) is 12.4 Å². The normalized spacial score (nSPS) is 12.3. The van der Waals surface area contributed by atoms with Crippen molar-refractivity contribution in [2.45, 2.75) is 52.9 Å². The van der Waals surface area contributed by atoms with Crippen molar-refractivity contribution in [2.24, 2.45) is 5.92 Å². The molecule has 1 atom stereocenters. The minimum atomic E-state index is 0.0288. The molecule has 142 valence electrons. The average Bonchev–Trinajstić information content (AvgIpc) is 2.62. The maximum absolute atomic E-state index is 11.9. The molecule has 0 aliphatic heterocycles. The minimum absolute atomic E-state index is 0.0288. The van der Waals surface area contributed by atoms with Crippen LogP contribution in [-0.2, 0) is 4.79 Å². The maximum atomic E-state index is 11.9. The SMILES string of the molecule is CCC(C)C(=O)SCCCCCCOc1cc(=O)sc2cccc(C)c12. The summed E-state index contributed by atoms with van der Waals surface area (Å²) in [7, 11) is 0. The van der Waals surface area contributed by atoms with E-state index in [2.05, 4.69) is 6.92 Å². The lowest BCUT2D eigenvalue weighted by atomic mass is 10.1. The lowest BCUT2D eigenvalue weighted by Gasteiger charge is -2.10. The molecular weight excluding hydrogens is 364 g/mol. The Hall–Kier alpha value is -1.33.